The van der Waals surface area contributed by atoms with Crippen LogP contribution in [0.3, 0.4) is 0 Å². The van der Waals surface area contributed by atoms with Crippen LogP contribution in [0, 0.1) is 0 Å². The summed E-state index contributed by atoms with van der Waals surface area (Å²) in [4.78, 5) is 88.2. The first-order valence-corrected chi connectivity index (χ1v) is 13.6. The molecule has 0 aliphatic rings. The van der Waals surface area contributed by atoms with Crippen molar-refractivity contribution >= 4 is 35.2 Å². The minimum absolute atomic E-state index is 0.142. The topological polar surface area (TPSA) is 228 Å². The Bertz CT molecular complexity index is 1540. The van der Waals surface area contributed by atoms with E-state index in [1.165, 1.54) is 18.6 Å². The number of pyridine rings is 3. The molecule has 0 unspecified atom stereocenters. The summed E-state index contributed by atoms with van der Waals surface area (Å²) in [5.74, 6) is 0. The Hall–Kier alpha value is -6.33. The van der Waals surface area contributed by atoms with E-state index in [1.54, 1.807) is 55.0 Å². The third-order valence-corrected chi connectivity index (χ3v) is 6.01. The van der Waals surface area contributed by atoms with Crippen LogP contribution in [0.15, 0.2) is 88.0 Å². The number of hydrogen-bond donors (Lipinski definition) is 6. The van der Waals surface area contributed by atoms with Crippen molar-refractivity contribution in [3.05, 3.63) is 105 Å². The van der Waals surface area contributed by atoms with Gasteiger partial charge in [0.25, 0.3) is 0 Å². The molecule has 4 aromatic heterocycles. The molecule has 0 spiro atoms. The summed E-state index contributed by atoms with van der Waals surface area (Å²) >= 11 is 0. The molecule has 0 aromatic carbocycles. The molecule has 0 saturated carbocycles. The molecule has 0 fully saturated rings. The first-order valence-electron chi connectivity index (χ1n) is 13.6. The second-order valence-electron chi connectivity index (χ2n) is 9.17. The van der Waals surface area contributed by atoms with Crippen molar-refractivity contribution in [3.8, 4) is 0 Å². The van der Waals surface area contributed by atoms with Gasteiger partial charge in [-0.3, -0.25) is 15.0 Å². The average Bonchev–Trinajstić information content (AvgIpc) is 3.03. The SMILES string of the molecule is O=C(NCCn1c(=O)n(CCNC(=O)Nc2cccnc2)c(=O)n(CCNC(=O)Nc2cccnc2)c1=O)Nc1cccnc1. The number of carbonyl (C=O) groups is 3. The Morgan fingerprint density at radius 3 is 1.04 bits per heavy atom. The highest BCUT2D eigenvalue weighted by molar-refractivity contribution is 5.89. The van der Waals surface area contributed by atoms with Crippen LogP contribution in [0.5, 0.6) is 0 Å². The van der Waals surface area contributed by atoms with Gasteiger partial charge in [-0.2, -0.15) is 0 Å². The Kier molecular flexibility index (Phi) is 11.1. The number of amides is 6. The lowest BCUT2D eigenvalue weighted by atomic mass is 10.4. The van der Waals surface area contributed by atoms with Gasteiger partial charge in [0.05, 0.1) is 35.7 Å². The summed E-state index contributed by atoms with van der Waals surface area (Å²) in [5, 5.41) is 15.3. The van der Waals surface area contributed by atoms with E-state index in [4.69, 9.17) is 0 Å². The molecule has 45 heavy (non-hydrogen) atoms. The molecule has 0 bridgehead atoms. The average molecular weight is 619 g/mol. The Balaban J connectivity index is 1.45. The largest absolute Gasteiger partial charge is 0.336 e. The monoisotopic (exact) mass is 618 g/mol. The van der Waals surface area contributed by atoms with Crippen LogP contribution in [0.2, 0.25) is 0 Å². The molecule has 4 heterocycles. The highest BCUT2D eigenvalue weighted by Gasteiger charge is 2.16. The van der Waals surface area contributed by atoms with Crippen molar-refractivity contribution < 1.29 is 14.4 Å². The predicted molar refractivity (Wildman–Crippen MR) is 163 cm³/mol. The summed E-state index contributed by atoms with van der Waals surface area (Å²) in [5.41, 5.74) is -1.51. The Labute approximate surface area is 254 Å². The number of carbonyl (C=O) groups excluding carboxylic acids is 3. The number of rotatable bonds is 12. The Morgan fingerprint density at radius 2 is 0.800 bits per heavy atom. The minimum Gasteiger partial charge on any atom is -0.336 e. The van der Waals surface area contributed by atoms with Crippen LogP contribution in [0.25, 0.3) is 0 Å². The normalized spacial score (nSPS) is 10.4. The van der Waals surface area contributed by atoms with Crippen molar-refractivity contribution in [2.75, 3.05) is 35.6 Å². The fourth-order valence-electron chi connectivity index (χ4n) is 3.94. The fraction of sp³-hybridized carbons (Fsp3) is 0.222. The zero-order valence-corrected chi connectivity index (χ0v) is 23.8. The lowest BCUT2D eigenvalue weighted by molar-refractivity contribution is 0.251. The Morgan fingerprint density at radius 1 is 0.511 bits per heavy atom. The standard InChI is InChI=1S/C27H30N12O6/c40-22(34-19-4-1-7-28-16-19)31-10-13-37-25(43)38(14-11-32-23(41)35-20-5-2-8-29-17-20)27(45)39(26(37)44)15-12-33-24(42)36-21-6-3-9-30-18-21/h1-9,16-18H,10-15H2,(H2,31,34,40)(H2,32,35,41)(H2,33,36,42). The maximum atomic E-state index is 13.2. The molecular formula is C27H30N12O6. The third-order valence-electron chi connectivity index (χ3n) is 6.01. The lowest BCUT2D eigenvalue weighted by Crippen LogP contribution is -2.56. The zero-order chi connectivity index (χ0) is 32.0. The second-order valence-corrected chi connectivity index (χ2v) is 9.17. The van der Waals surface area contributed by atoms with E-state index in [1.807, 2.05) is 0 Å². The molecule has 0 radical (unpaired) electrons. The van der Waals surface area contributed by atoms with E-state index in [-0.39, 0.29) is 39.3 Å². The van der Waals surface area contributed by atoms with Gasteiger partial charge in [0.1, 0.15) is 0 Å². The van der Waals surface area contributed by atoms with Crippen molar-refractivity contribution in [1.29, 1.82) is 0 Å². The van der Waals surface area contributed by atoms with Crippen molar-refractivity contribution in [1.82, 2.24) is 44.6 Å². The van der Waals surface area contributed by atoms with Gasteiger partial charge in [0, 0.05) is 57.9 Å². The molecule has 0 atom stereocenters. The molecule has 6 amide bonds. The molecule has 18 heteroatoms. The highest BCUT2D eigenvalue weighted by Crippen LogP contribution is 2.03. The number of anilines is 3. The number of hydrogen-bond acceptors (Lipinski definition) is 9. The number of urea groups is 3. The molecular weight excluding hydrogens is 588 g/mol. The molecule has 0 aliphatic carbocycles. The van der Waals surface area contributed by atoms with Gasteiger partial charge in [0.2, 0.25) is 0 Å². The van der Waals surface area contributed by atoms with Gasteiger partial charge in [-0.15, -0.1) is 0 Å². The minimum atomic E-state index is -0.938. The number of nitrogens with zero attached hydrogens (tertiary/aromatic N) is 6. The molecule has 4 aromatic rings. The molecule has 0 aliphatic heterocycles. The smallest absolute Gasteiger partial charge is 0.336 e. The first-order chi connectivity index (χ1) is 21.8. The zero-order valence-electron chi connectivity index (χ0n) is 23.8. The fourth-order valence-corrected chi connectivity index (χ4v) is 3.94. The van der Waals surface area contributed by atoms with Gasteiger partial charge in [-0.05, 0) is 36.4 Å². The van der Waals surface area contributed by atoms with Crippen LogP contribution < -0.4 is 49.0 Å². The lowest BCUT2D eigenvalue weighted by Gasteiger charge is -2.15. The number of aromatic nitrogens is 6. The second kappa shape index (κ2) is 15.8. The maximum Gasteiger partial charge on any atom is 0.336 e. The quantitative estimate of drug-likeness (QED) is 0.124. The summed E-state index contributed by atoms with van der Waals surface area (Å²) in [6, 6.07) is 7.98. The van der Waals surface area contributed by atoms with Crippen molar-refractivity contribution in [2.45, 2.75) is 19.6 Å². The molecule has 6 N–H and O–H groups in total. The van der Waals surface area contributed by atoms with Crippen LogP contribution in [0.4, 0.5) is 31.4 Å². The highest BCUT2D eigenvalue weighted by atomic mass is 16.2. The summed E-state index contributed by atoms with van der Waals surface area (Å²) in [6.07, 6.45) is 8.95. The van der Waals surface area contributed by atoms with Crippen LogP contribution in [-0.2, 0) is 19.6 Å². The van der Waals surface area contributed by atoms with E-state index in [0.29, 0.717) is 17.1 Å². The summed E-state index contributed by atoms with van der Waals surface area (Å²) < 4.78 is 2.37. The summed E-state index contributed by atoms with van der Waals surface area (Å²) in [6.45, 7) is -1.25. The molecule has 18 nitrogen and oxygen atoms in total. The molecule has 0 saturated heterocycles. The van der Waals surface area contributed by atoms with Crippen LogP contribution in [-0.4, -0.2) is 66.4 Å². The van der Waals surface area contributed by atoms with E-state index in [2.05, 4.69) is 46.9 Å². The van der Waals surface area contributed by atoms with E-state index >= 15 is 0 Å². The third kappa shape index (κ3) is 9.33. The van der Waals surface area contributed by atoms with Crippen LogP contribution in [0.1, 0.15) is 0 Å². The first kappa shape index (κ1) is 31.6. The van der Waals surface area contributed by atoms with Gasteiger partial charge in [-0.25, -0.2) is 42.5 Å². The molecule has 234 valence electrons. The van der Waals surface area contributed by atoms with Gasteiger partial charge in [0.15, 0.2) is 0 Å². The summed E-state index contributed by atoms with van der Waals surface area (Å²) in [7, 11) is 0. The van der Waals surface area contributed by atoms with Crippen molar-refractivity contribution in [3.63, 3.8) is 0 Å². The van der Waals surface area contributed by atoms with E-state index < -0.39 is 35.2 Å². The number of nitrogens with one attached hydrogen (secondary N) is 6. The van der Waals surface area contributed by atoms with Gasteiger partial charge >= 0.3 is 35.2 Å². The van der Waals surface area contributed by atoms with Gasteiger partial charge in [-0.1, -0.05) is 0 Å². The maximum absolute atomic E-state index is 13.2. The van der Waals surface area contributed by atoms with Crippen LogP contribution >= 0.6 is 0 Å². The predicted octanol–water partition coefficient (Wildman–Crippen LogP) is -0.178. The van der Waals surface area contributed by atoms with E-state index in [0.717, 1.165) is 13.7 Å². The van der Waals surface area contributed by atoms with E-state index in [9.17, 15) is 28.8 Å². The van der Waals surface area contributed by atoms with Gasteiger partial charge < -0.3 is 31.9 Å². The molecule has 4 rings (SSSR count). The van der Waals surface area contributed by atoms with Crippen molar-refractivity contribution in [2.24, 2.45) is 0 Å².